The van der Waals surface area contributed by atoms with Gasteiger partial charge in [0.2, 0.25) is 10.0 Å². The van der Waals surface area contributed by atoms with Gasteiger partial charge in [0.05, 0.1) is 11.8 Å². The summed E-state index contributed by atoms with van der Waals surface area (Å²) in [6.07, 6.45) is 3.08. The van der Waals surface area contributed by atoms with E-state index in [0.29, 0.717) is 18.8 Å². The molecule has 1 N–H and O–H groups in total. The van der Waals surface area contributed by atoms with E-state index in [1.807, 2.05) is 13.8 Å². The van der Waals surface area contributed by atoms with Gasteiger partial charge in [0.15, 0.2) is 0 Å². The molecule has 1 saturated carbocycles. The molecule has 1 aliphatic rings. The summed E-state index contributed by atoms with van der Waals surface area (Å²) in [5.41, 5.74) is -0.861. The maximum absolute atomic E-state index is 11.9. The number of hydrogen-bond donors (Lipinski definition) is 1. The van der Waals surface area contributed by atoms with Gasteiger partial charge in [-0.15, -0.1) is 0 Å². The maximum atomic E-state index is 11.9. The lowest BCUT2D eigenvalue weighted by molar-refractivity contribution is 0.277. The molecular formula is C12H22N2O2S. The minimum absolute atomic E-state index is 0.0748. The molecule has 5 heteroatoms. The van der Waals surface area contributed by atoms with Crippen LogP contribution in [0.1, 0.15) is 46.5 Å². The highest BCUT2D eigenvalue weighted by molar-refractivity contribution is 7.89. The lowest BCUT2D eigenvalue weighted by atomic mass is 9.79. The monoisotopic (exact) mass is 258 g/mol. The van der Waals surface area contributed by atoms with Gasteiger partial charge in [-0.25, -0.2) is 8.42 Å². The third-order valence-corrected chi connectivity index (χ3v) is 5.05. The Morgan fingerprint density at radius 1 is 1.41 bits per heavy atom. The summed E-state index contributed by atoms with van der Waals surface area (Å²) in [5.74, 6) is 0.753. The number of rotatable bonds is 4. The van der Waals surface area contributed by atoms with Crippen LogP contribution in [0.2, 0.25) is 0 Å². The van der Waals surface area contributed by atoms with Gasteiger partial charge in [0.25, 0.3) is 0 Å². The molecule has 1 aliphatic carbocycles. The third kappa shape index (κ3) is 4.29. The van der Waals surface area contributed by atoms with Crippen LogP contribution in [0, 0.1) is 23.2 Å². The minimum Gasteiger partial charge on any atom is -0.212 e. The van der Waals surface area contributed by atoms with Gasteiger partial charge in [0.1, 0.15) is 5.54 Å². The van der Waals surface area contributed by atoms with Gasteiger partial charge in [-0.05, 0) is 37.5 Å². The van der Waals surface area contributed by atoms with E-state index in [-0.39, 0.29) is 11.7 Å². The van der Waals surface area contributed by atoms with Crippen LogP contribution >= 0.6 is 0 Å². The zero-order valence-electron chi connectivity index (χ0n) is 10.9. The van der Waals surface area contributed by atoms with Gasteiger partial charge in [0, 0.05) is 0 Å². The third-order valence-electron chi connectivity index (χ3n) is 3.25. The van der Waals surface area contributed by atoms with Crippen LogP contribution in [0.3, 0.4) is 0 Å². The average Bonchev–Trinajstić information content (AvgIpc) is 2.19. The molecule has 4 nitrogen and oxygen atoms in total. The van der Waals surface area contributed by atoms with Crippen LogP contribution in [-0.4, -0.2) is 19.7 Å². The summed E-state index contributed by atoms with van der Waals surface area (Å²) in [4.78, 5) is 0. The Morgan fingerprint density at radius 3 is 2.35 bits per heavy atom. The number of nitrogens with zero attached hydrogens (tertiary/aromatic N) is 1. The zero-order chi connectivity index (χ0) is 13.1. The first kappa shape index (κ1) is 14.5. The summed E-state index contributed by atoms with van der Waals surface area (Å²) in [6, 6.07) is 2.18. The largest absolute Gasteiger partial charge is 0.213 e. The molecule has 0 atom stereocenters. The molecule has 0 aromatic heterocycles. The van der Waals surface area contributed by atoms with Gasteiger partial charge in [-0.1, -0.05) is 20.8 Å². The molecule has 0 spiro atoms. The van der Waals surface area contributed by atoms with E-state index in [2.05, 4.69) is 17.7 Å². The predicted octanol–water partition coefficient (Wildman–Crippen LogP) is 2.03. The second-order valence-corrected chi connectivity index (χ2v) is 7.42. The summed E-state index contributed by atoms with van der Waals surface area (Å²) < 4.78 is 26.4. The molecule has 0 saturated heterocycles. The van der Waals surface area contributed by atoms with Crippen molar-refractivity contribution in [2.24, 2.45) is 11.8 Å². The summed E-state index contributed by atoms with van der Waals surface area (Å²) in [5, 5.41) is 9.25. The molecule has 0 heterocycles. The van der Waals surface area contributed by atoms with Crippen molar-refractivity contribution in [2.75, 3.05) is 5.75 Å². The van der Waals surface area contributed by atoms with E-state index < -0.39 is 15.6 Å². The highest BCUT2D eigenvalue weighted by Crippen LogP contribution is 2.32. The fourth-order valence-corrected chi connectivity index (χ4v) is 4.08. The Labute approximate surface area is 104 Å². The molecule has 0 aromatic rings. The van der Waals surface area contributed by atoms with E-state index >= 15 is 0 Å². The Balaban J connectivity index is 2.74. The highest BCUT2D eigenvalue weighted by Gasteiger charge is 2.37. The second-order valence-electron chi connectivity index (χ2n) is 5.65. The molecule has 1 fully saturated rings. The Kier molecular flexibility index (Phi) is 4.56. The highest BCUT2D eigenvalue weighted by atomic mass is 32.2. The Bertz CT molecular complexity index is 387. The minimum atomic E-state index is -3.34. The van der Waals surface area contributed by atoms with Crippen molar-refractivity contribution in [3.8, 4) is 6.07 Å². The van der Waals surface area contributed by atoms with E-state index in [0.717, 1.165) is 12.8 Å². The smallest absolute Gasteiger partial charge is 0.212 e. The van der Waals surface area contributed by atoms with Crippen LogP contribution in [-0.2, 0) is 10.0 Å². The van der Waals surface area contributed by atoms with Crippen LogP contribution in [0.4, 0.5) is 0 Å². The van der Waals surface area contributed by atoms with E-state index in [1.165, 1.54) is 0 Å². The lowest BCUT2D eigenvalue weighted by Crippen LogP contribution is -2.50. The maximum Gasteiger partial charge on any atom is 0.213 e. The number of sulfonamides is 1. The van der Waals surface area contributed by atoms with E-state index in [9.17, 15) is 13.7 Å². The van der Waals surface area contributed by atoms with Gasteiger partial charge < -0.3 is 0 Å². The average molecular weight is 258 g/mol. The molecule has 0 aliphatic heterocycles. The van der Waals surface area contributed by atoms with Crippen LogP contribution in [0.25, 0.3) is 0 Å². The van der Waals surface area contributed by atoms with Crippen molar-refractivity contribution in [1.29, 1.82) is 5.26 Å². The molecule has 1 rings (SSSR count). The molecule has 98 valence electrons. The van der Waals surface area contributed by atoms with Crippen LogP contribution in [0.5, 0.6) is 0 Å². The van der Waals surface area contributed by atoms with Crippen molar-refractivity contribution < 1.29 is 8.42 Å². The van der Waals surface area contributed by atoms with Crippen molar-refractivity contribution in [2.45, 2.75) is 52.0 Å². The molecule has 0 aromatic carbocycles. The first-order valence-electron chi connectivity index (χ1n) is 6.21. The molecular weight excluding hydrogens is 236 g/mol. The predicted molar refractivity (Wildman–Crippen MR) is 67.7 cm³/mol. The summed E-state index contributed by atoms with van der Waals surface area (Å²) in [6.45, 7) is 5.87. The van der Waals surface area contributed by atoms with Crippen molar-refractivity contribution >= 4 is 10.0 Å². The molecule has 0 bridgehead atoms. The van der Waals surface area contributed by atoms with Gasteiger partial charge >= 0.3 is 0 Å². The molecule has 0 amide bonds. The van der Waals surface area contributed by atoms with Crippen LogP contribution in [0.15, 0.2) is 0 Å². The van der Waals surface area contributed by atoms with Crippen molar-refractivity contribution in [3.05, 3.63) is 0 Å². The second kappa shape index (κ2) is 5.36. The Morgan fingerprint density at radius 2 is 1.94 bits per heavy atom. The first-order valence-corrected chi connectivity index (χ1v) is 7.87. The van der Waals surface area contributed by atoms with Gasteiger partial charge in [-0.2, -0.15) is 9.98 Å². The fraction of sp³-hybridized carbons (Fsp3) is 0.917. The van der Waals surface area contributed by atoms with Gasteiger partial charge in [-0.3, -0.25) is 0 Å². The normalized spacial score (nSPS) is 30.2. The molecule has 0 radical (unpaired) electrons. The van der Waals surface area contributed by atoms with Crippen LogP contribution < -0.4 is 4.72 Å². The first-order chi connectivity index (χ1) is 7.79. The standard InChI is InChI=1S/C12H22N2O2S/c1-10(2)8-17(15,16)14-12(9-13)6-4-11(3)5-7-12/h10-11,14H,4-8H2,1-3H3. The molecule has 17 heavy (non-hydrogen) atoms. The van der Waals surface area contributed by atoms with Crippen molar-refractivity contribution in [1.82, 2.24) is 4.72 Å². The SMILES string of the molecule is CC(C)CS(=O)(=O)NC1(C#N)CCC(C)CC1. The fourth-order valence-electron chi connectivity index (χ4n) is 2.27. The molecule has 0 unspecified atom stereocenters. The topological polar surface area (TPSA) is 70.0 Å². The van der Waals surface area contributed by atoms with E-state index in [1.54, 1.807) is 0 Å². The summed E-state index contributed by atoms with van der Waals surface area (Å²) in [7, 11) is -3.34. The number of nitriles is 1. The Hall–Kier alpha value is -0.600. The number of hydrogen-bond acceptors (Lipinski definition) is 3. The zero-order valence-corrected chi connectivity index (χ0v) is 11.7. The summed E-state index contributed by atoms with van der Waals surface area (Å²) >= 11 is 0. The quantitative estimate of drug-likeness (QED) is 0.838. The lowest BCUT2D eigenvalue weighted by Gasteiger charge is -2.34. The van der Waals surface area contributed by atoms with Crippen molar-refractivity contribution in [3.63, 3.8) is 0 Å². The van der Waals surface area contributed by atoms with E-state index in [4.69, 9.17) is 0 Å². The number of nitrogens with one attached hydrogen (secondary N) is 1.